The van der Waals surface area contributed by atoms with Crippen LogP contribution >= 0.6 is 7.82 Å². The molecule has 0 amide bonds. The third kappa shape index (κ3) is 36.6. The van der Waals surface area contributed by atoms with Crippen molar-refractivity contribution in [2.75, 3.05) is 19.8 Å². The summed E-state index contributed by atoms with van der Waals surface area (Å²) in [5.74, 6) is -1.81. The fourth-order valence-electron chi connectivity index (χ4n) is 5.74. The summed E-state index contributed by atoms with van der Waals surface area (Å²) in [5.41, 5.74) is 5.34. The van der Waals surface area contributed by atoms with E-state index in [4.69, 9.17) is 29.4 Å². The number of carbonyl (C=O) groups is 2. The number of carboxylic acids is 1. The first-order chi connectivity index (χ1) is 25.2. The predicted octanol–water partition coefficient (Wildman–Crippen LogP) is 11.5. The Labute approximate surface area is 317 Å². The minimum atomic E-state index is -4.63. The summed E-state index contributed by atoms with van der Waals surface area (Å²) in [5, 5.41) is 8.87. The van der Waals surface area contributed by atoms with Crippen molar-refractivity contribution in [3.05, 3.63) is 24.5 Å². The number of aliphatic carboxylic acids is 1. The van der Waals surface area contributed by atoms with Gasteiger partial charge < -0.3 is 25.2 Å². The topological polar surface area (TPSA) is 155 Å². The van der Waals surface area contributed by atoms with E-state index in [1.54, 1.807) is 6.26 Å². The van der Waals surface area contributed by atoms with Crippen LogP contribution in [0.4, 0.5) is 0 Å². The van der Waals surface area contributed by atoms with E-state index in [1.165, 1.54) is 122 Å². The fraction of sp³-hybridized carbons (Fsp3) is 0.854. The first kappa shape index (κ1) is 50.3. The van der Waals surface area contributed by atoms with Gasteiger partial charge in [0.25, 0.3) is 0 Å². The quantitative estimate of drug-likeness (QED) is 0.0181. The fourth-order valence-corrected chi connectivity index (χ4v) is 6.52. The maximum absolute atomic E-state index is 12.6. The summed E-state index contributed by atoms with van der Waals surface area (Å²) in [7, 11) is -4.63. The van der Waals surface area contributed by atoms with E-state index in [2.05, 4.69) is 26.0 Å². The summed E-state index contributed by atoms with van der Waals surface area (Å²) < 4.78 is 33.0. The van der Waals surface area contributed by atoms with Crippen molar-refractivity contribution in [1.29, 1.82) is 0 Å². The molecule has 0 bridgehead atoms. The first-order valence-corrected chi connectivity index (χ1v) is 22.4. The third-order valence-corrected chi connectivity index (χ3v) is 10.00. The van der Waals surface area contributed by atoms with E-state index in [9.17, 15) is 19.0 Å². The molecule has 11 heteroatoms. The number of carbonyl (C=O) groups excluding carboxylic acids is 1. The number of phosphoric ester groups is 1. The molecule has 0 spiro atoms. The van der Waals surface area contributed by atoms with Crippen molar-refractivity contribution in [2.24, 2.45) is 5.73 Å². The molecule has 0 aromatic heterocycles. The van der Waals surface area contributed by atoms with Crippen LogP contribution in [0.5, 0.6) is 0 Å². The van der Waals surface area contributed by atoms with Crippen molar-refractivity contribution in [3.8, 4) is 0 Å². The summed E-state index contributed by atoms with van der Waals surface area (Å²) >= 11 is 0. The maximum atomic E-state index is 12.6. The van der Waals surface area contributed by atoms with Crippen molar-refractivity contribution >= 4 is 19.8 Å². The van der Waals surface area contributed by atoms with Crippen molar-refractivity contribution in [2.45, 2.75) is 206 Å². The predicted molar refractivity (Wildman–Crippen MR) is 212 cm³/mol. The van der Waals surface area contributed by atoms with Gasteiger partial charge >= 0.3 is 19.8 Å². The average Bonchev–Trinajstić information content (AvgIpc) is 3.12. The number of rotatable bonds is 40. The Balaban J connectivity index is 4.31. The van der Waals surface area contributed by atoms with Crippen molar-refractivity contribution in [1.82, 2.24) is 0 Å². The summed E-state index contributed by atoms with van der Waals surface area (Å²) in [6.45, 7) is 3.26. The Bertz CT molecular complexity index is 930. The third-order valence-electron chi connectivity index (χ3n) is 9.05. The minimum absolute atomic E-state index is 0.0676. The van der Waals surface area contributed by atoms with E-state index in [1.807, 2.05) is 6.08 Å². The molecule has 0 aliphatic heterocycles. The van der Waals surface area contributed by atoms with Gasteiger partial charge in [0, 0.05) is 6.42 Å². The second kappa shape index (κ2) is 37.6. The minimum Gasteiger partial charge on any atom is -0.498 e. The number of carboxylic acid groups (broad SMARTS) is 1. The van der Waals surface area contributed by atoms with Crippen LogP contribution < -0.4 is 5.73 Å². The molecule has 0 rings (SSSR count). The van der Waals surface area contributed by atoms with E-state index in [0.717, 1.165) is 44.9 Å². The molecule has 0 aliphatic carbocycles. The molecular weight excluding hydrogens is 681 g/mol. The molecule has 52 heavy (non-hydrogen) atoms. The van der Waals surface area contributed by atoms with Gasteiger partial charge in [-0.25, -0.2) is 4.57 Å². The molecule has 0 heterocycles. The number of nitrogens with two attached hydrogens (primary N) is 1. The van der Waals surface area contributed by atoms with Gasteiger partial charge in [0.15, 0.2) is 6.10 Å². The zero-order valence-corrected chi connectivity index (χ0v) is 34.1. The summed E-state index contributed by atoms with van der Waals surface area (Å²) in [6.07, 6.45) is 40.3. The Morgan fingerprint density at radius 1 is 0.596 bits per heavy atom. The molecule has 10 nitrogen and oxygen atoms in total. The molecule has 0 saturated carbocycles. The largest absolute Gasteiger partial charge is 0.498 e. The van der Waals surface area contributed by atoms with Gasteiger partial charge in [0.1, 0.15) is 12.6 Å². The van der Waals surface area contributed by atoms with E-state index < -0.39 is 45.1 Å². The van der Waals surface area contributed by atoms with Gasteiger partial charge in [-0.05, 0) is 51.0 Å². The molecule has 1 unspecified atom stereocenters. The highest BCUT2D eigenvalue weighted by molar-refractivity contribution is 7.47. The highest BCUT2D eigenvalue weighted by Gasteiger charge is 2.27. The van der Waals surface area contributed by atoms with Crippen LogP contribution in [0.15, 0.2) is 24.5 Å². The highest BCUT2D eigenvalue weighted by Crippen LogP contribution is 2.43. The Hall–Kier alpha value is -1.71. The average molecular weight is 760 g/mol. The van der Waals surface area contributed by atoms with Crippen LogP contribution in [0.2, 0.25) is 0 Å². The standard InChI is InChI=1S/C41H78NO9P/c1-3-5-7-9-11-13-15-17-19-20-22-24-26-28-30-32-34-48-35-38(36-49-52(46,47)50-37-39(42)41(44)45)51-40(43)33-31-29-27-25-23-21-18-16-14-12-10-8-6-4-2/h16,18,32,34,38-39H,3-15,17,19-31,33,35-37,42H2,1-2H3,(H,44,45)(H,46,47)/b18-16-,34-32-/t38-,39+/m1/s1. The number of esters is 1. The molecule has 0 saturated heterocycles. The van der Waals surface area contributed by atoms with Gasteiger partial charge in [0.05, 0.1) is 19.5 Å². The van der Waals surface area contributed by atoms with Crippen molar-refractivity contribution in [3.63, 3.8) is 0 Å². The summed E-state index contributed by atoms with van der Waals surface area (Å²) in [4.78, 5) is 33.4. The lowest BCUT2D eigenvalue weighted by Gasteiger charge is -2.20. The van der Waals surface area contributed by atoms with Gasteiger partial charge in [-0.2, -0.15) is 0 Å². The molecule has 0 radical (unpaired) electrons. The monoisotopic (exact) mass is 760 g/mol. The molecule has 4 N–H and O–H groups in total. The normalized spacial score (nSPS) is 14.2. The van der Waals surface area contributed by atoms with Crippen LogP contribution in [-0.4, -0.2) is 53.9 Å². The van der Waals surface area contributed by atoms with Crippen LogP contribution in [-0.2, 0) is 32.7 Å². The smallest absolute Gasteiger partial charge is 0.472 e. The van der Waals surface area contributed by atoms with Crippen LogP contribution in [0.3, 0.4) is 0 Å². The van der Waals surface area contributed by atoms with Crippen LogP contribution in [0.25, 0.3) is 0 Å². The van der Waals surface area contributed by atoms with Crippen molar-refractivity contribution < 1.29 is 42.7 Å². The zero-order chi connectivity index (χ0) is 38.4. The molecular formula is C41H78NO9P. The Kier molecular flexibility index (Phi) is 36.4. The van der Waals surface area contributed by atoms with Gasteiger partial charge in [-0.15, -0.1) is 0 Å². The summed E-state index contributed by atoms with van der Waals surface area (Å²) in [6, 6.07) is -1.48. The maximum Gasteiger partial charge on any atom is 0.472 e. The second-order valence-corrected chi connectivity index (χ2v) is 15.6. The van der Waals surface area contributed by atoms with Crippen LogP contribution in [0.1, 0.15) is 194 Å². The Morgan fingerprint density at radius 3 is 1.46 bits per heavy atom. The second-order valence-electron chi connectivity index (χ2n) is 14.2. The molecule has 0 aliphatic rings. The van der Waals surface area contributed by atoms with Crippen LogP contribution in [0, 0.1) is 0 Å². The lowest BCUT2D eigenvalue weighted by Crippen LogP contribution is -2.34. The number of hydrogen-bond donors (Lipinski definition) is 3. The number of hydrogen-bond acceptors (Lipinski definition) is 8. The molecule has 0 aromatic carbocycles. The molecule has 306 valence electrons. The van der Waals surface area contributed by atoms with E-state index in [0.29, 0.717) is 6.42 Å². The number of allylic oxidation sites excluding steroid dienone is 3. The highest BCUT2D eigenvalue weighted by atomic mass is 31.2. The number of ether oxygens (including phenoxy) is 2. The molecule has 0 aromatic rings. The Morgan fingerprint density at radius 2 is 1.00 bits per heavy atom. The SMILES string of the molecule is CCCCCCC/C=C\CCCCCCCC(=O)O[C@H](CO/C=C\CCCCCCCCCCCCCCCC)COP(=O)(O)OC[C@H](N)C(=O)O. The zero-order valence-electron chi connectivity index (χ0n) is 33.2. The van der Waals surface area contributed by atoms with E-state index >= 15 is 0 Å². The number of phosphoric acid groups is 1. The molecule has 3 atom stereocenters. The van der Waals surface area contributed by atoms with Gasteiger partial charge in [-0.1, -0.05) is 154 Å². The lowest BCUT2D eigenvalue weighted by atomic mass is 10.0. The molecule has 0 fully saturated rings. The van der Waals surface area contributed by atoms with E-state index in [-0.39, 0.29) is 13.0 Å². The van der Waals surface area contributed by atoms with Gasteiger partial charge in [-0.3, -0.25) is 18.6 Å². The first-order valence-electron chi connectivity index (χ1n) is 20.9. The van der Waals surface area contributed by atoms with Gasteiger partial charge in [0.2, 0.25) is 0 Å². The lowest BCUT2D eigenvalue weighted by molar-refractivity contribution is -0.153. The number of unbranched alkanes of at least 4 members (excludes halogenated alkanes) is 24.